The van der Waals surface area contributed by atoms with Gasteiger partial charge in [-0.05, 0) is 37.7 Å². The van der Waals surface area contributed by atoms with Crippen molar-refractivity contribution in [1.29, 1.82) is 0 Å². The van der Waals surface area contributed by atoms with Gasteiger partial charge in [0.15, 0.2) is 0 Å². The molecule has 0 N–H and O–H groups in total. The van der Waals surface area contributed by atoms with E-state index in [1.807, 2.05) is 12.1 Å². The number of rotatable bonds is 3. The zero-order valence-electron chi connectivity index (χ0n) is 10.2. The first-order valence-corrected chi connectivity index (χ1v) is 5.72. The van der Waals surface area contributed by atoms with Gasteiger partial charge in [-0.1, -0.05) is 0 Å². The summed E-state index contributed by atoms with van der Waals surface area (Å²) in [6.45, 7) is 2.03. The van der Waals surface area contributed by atoms with Crippen LogP contribution in [0.15, 0.2) is 24.3 Å². The molecule has 17 heavy (non-hydrogen) atoms. The van der Waals surface area contributed by atoms with E-state index in [1.165, 1.54) is 7.11 Å². The highest BCUT2D eigenvalue weighted by Crippen LogP contribution is 2.18. The second-order valence-corrected chi connectivity index (χ2v) is 4.31. The van der Waals surface area contributed by atoms with Gasteiger partial charge in [0.05, 0.1) is 12.7 Å². The number of esters is 1. The Balaban J connectivity index is 1.96. The van der Waals surface area contributed by atoms with Gasteiger partial charge in [-0.2, -0.15) is 0 Å². The number of carbonyl (C=O) groups excluding carboxylic acids is 1. The van der Waals surface area contributed by atoms with Crippen molar-refractivity contribution >= 4 is 5.97 Å². The molecule has 0 unspecified atom stereocenters. The molecule has 0 radical (unpaired) electrons. The van der Waals surface area contributed by atoms with Crippen molar-refractivity contribution in [2.75, 3.05) is 27.2 Å². The van der Waals surface area contributed by atoms with Gasteiger partial charge in [0, 0.05) is 13.1 Å². The van der Waals surface area contributed by atoms with Crippen LogP contribution in [-0.4, -0.2) is 44.2 Å². The molecule has 0 spiro atoms. The summed E-state index contributed by atoms with van der Waals surface area (Å²) in [5.41, 5.74) is 0.545. The van der Waals surface area contributed by atoms with Crippen LogP contribution < -0.4 is 4.74 Å². The first-order valence-electron chi connectivity index (χ1n) is 5.72. The summed E-state index contributed by atoms with van der Waals surface area (Å²) in [5.74, 6) is 0.482. The average Bonchev–Trinajstić information content (AvgIpc) is 2.75. The van der Waals surface area contributed by atoms with E-state index < -0.39 is 0 Å². The van der Waals surface area contributed by atoms with Crippen LogP contribution in [0.3, 0.4) is 0 Å². The Morgan fingerprint density at radius 1 is 1.35 bits per heavy atom. The zero-order valence-corrected chi connectivity index (χ0v) is 10.2. The number of likely N-dealkylation sites (N-methyl/N-ethyl adjacent to an activating group) is 1. The summed E-state index contributed by atoms with van der Waals surface area (Å²) in [6.07, 6.45) is 1.30. The molecule has 1 aliphatic rings. The maximum absolute atomic E-state index is 11.2. The molecule has 1 atom stereocenters. The van der Waals surface area contributed by atoms with Crippen molar-refractivity contribution in [2.24, 2.45) is 0 Å². The second kappa shape index (κ2) is 5.19. The van der Waals surface area contributed by atoms with Crippen LogP contribution in [-0.2, 0) is 4.74 Å². The Morgan fingerprint density at radius 2 is 2.06 bits per heavy atom. The lowest BCUT2D eigenvalue weighted by Crippen LogP contribution is -2.21. The topological polar surface area (TPSA) is 38.8 Å². The predicted octanol–water partition coefficient (Wildman–Crippen LogP) is 1.56. The van der Waals surface area contributed by atoms with E-state index in [1.54, 1.807) is 12.1 Å². The number of hydrogen-bond acceptors (Lipinski definition) is 4. The minimum atomic E-state index is -0.322. The monoisotopic (exact) mass is 235 g/mol. The highest BCUT2D eigenvalue weighted by molar-refractivity contribution is 5.89. The molecule has 4 heteroatoms. The number of carbonyl (C=O) groups is 1. The molecule has 2 rings (SSSR count). The minimum absolute atomic E-state index is 0.254. The van der Waals surface area contributed by atoms with Crippen LogP contribution in [0, 0.1) is 0 Å². The molecule has 1 aromatic carbocycles. The molecular formula is C13H17NO3. The molecule has 1 heterocycles. The largest absolute Gasteiger partial charge is 0.489 e. The summed E-state index contributed by atoms with van der Waals surface area (Å²) in [7, 11) is 3.46. The van der Waals surface area contributed by atoms with Crippen molar-refractivity contribution in [3.63, 3.8) is 0 Å². The highest BCUT2D eigenvalue weighted by Gasteiger charge is 2.20. The molecule has 0 bridgehead atoms. The smallest absolute Gasteiger partial charge is 0.337 e. The summed E-state index contributed by atoms with van der Waals surface area (Å²) in [6, 6.07) is 7.06. The van der Waals surface area contributed by atoms with E-state index in [9.17, 15) is 4.79 Å². The Hall–Kier alpha value is -1.55. The molecule has 0 amide bonds. The third kappa shape index (κ3) is 2.97. The van der Waals surface area contributed by atoms with E-state index in [2.05, 4.69) is 16.7 Å². The Bertz CT molecular complexity index is 388. The van der Waals surface area contributed by atoms with E-state index in [4.69, 9.17) is 4.74 Å². The van der Waals surface area contributed by atoms with Crippen molar-refractivity contribution in [1.82, 2.24) is 4.90 Å². The van der Waals surface area contributed by atoms with E-state index >= 15 is 0 Å². The van der Waals surface area contributed by atoms with Gasteiger partial charge in [-0.15, -0.1) is 0 Å². The fourth-order valence-corrected chi connectivity index (χ4v) is 1.97. The van der Waals surface area contributed by atoms with Crippen molar-refractivity contribution in [2.45, 2.75) is 12.5 Å². The normalized spacial score (nSPS) is 20.2. The highest BCUT2D eigenvalue weighted by atomic mass is 16.5. The Kier molecular flexibility index (Phi) is 3.64. The lowest BCUT2D eigenvalue weighted by Gasteiger charge is -2.13. The van der Waals surface area contributed by atoms with Gasteiger partial charge in [0.2, 0.25) is 0 Å². The first-order chi connectivity index (χ1) is 8.19. The number of likely N-dealkylation sites (tertiary alicyclic amines) is 1. The molecular weight excluding hydrogens is 218 g/mol. The van der Waals surface area contributed by atoms with E-state index in [0.29, 0.717) is 5.56 Å². The second-order valence-electron chi connectivity index (χ2n) is 4.31. The van der Waals surface area contributed by atoms with Gasteiger partial charge in [-0.3, -0.25) is 0 Å². The summed E-state index contributed by atoms with van der Waals surface area (Å²) >= 11 is 0. The third-order valence-corrected chi connectivity index (χ3v) is 2.93. The van der Waals surface area contributed by atoms with Crippen molar-refractivity contribution in [3.05, 3.63) is 29.8 Å². The predicted molar refractivity (Wildman–Crippen MR) is 64.3 cm³/mol. The zero-order chi connectivity index (χ0) is 12.3. The molecule has 92 valence electrons. The minimum Gasteiger partial charge on any atom is -0.489 e. The molecule has 1 aliphatic heterocycles. The standard InChI is InChI=1S/C13H17NO3/c1-14-8-7-12(9-14)17-11-5-3-10(4-6-11)13(15)16-2/h3-6,12H,7-9H2,1-2H3/t12-/m0/s1. The number of methoxy groups -OCH3 is 1. The van der Waals surface area contributed by atoms with Gasteiger partial charge < -0.3 is 14.4 Å². The fraction of sp³-hybridized carbons (Fsp3) is 0.462. The first kappa shape index (κ1) is 11.9. The lowest BCUT2D eigenvalue weighted by atomic mass is 10.2. The van der Waals surface area contributed by atoms with Crippen LogP contribution in [0.1, 0.15) is 16.8 Å². The van der Waals surface area contributed by atoms with E-state index in [-0.39, 0.29) is 12.1 Å². The number of nitrogens with zero attached hydrogens (tertiary/aromatic N) is 1. The molecule has 1 saturated heterocycles. The van der Waals surface area contributed by atoms with Gasteiger partial charge >= 0.3 is 5.97 Å². The third-order valence-electron chi connectivity index (χ3n) is 2.93. The Morgan fingerprint density at radius 3 is 2.59 bits per heavy atom. The molecule has 0 aliphatic carbocycles. The fourth-order valence-electron chi connectivity index (χ4n) is 1.97. The van der Waals surface area contributed by atoms with Crippen LogP contribution in [0.2, 0.25) is 0 Å². The van der Waals surface area contributed by atoms with Gasteiger partial charge in [0.25, 0.3) is 0 Å². The SMILES string of the molecule is COC(=O)c1ccc(O[C@H]2CCN(C)C2)cc1. The number of hydrogen-bond donors (Lipinski definition) is 0. The van der Waals surface area contributed by atoms with Crippen molar-refractivity contribution < 1.29 is 14.3 Å². The van der Waals surface area contributed by atoms with Crippen LogP contribution in [0.4, 0.5) is 0 Å². The summed E-state index contributed by atoms with van der Waals surface area (Å²) in [5, 5.41) is 0. The molecule has 4 nitrogen and oxygen atoms in total. The van der Waals surface area contributed by atoms with Crippen LogP contribution in [0.5, 0.6) is 5.75 Å². The molecule has 0 aromatic heterocycles. The van der Waals surface area contributed by atoms with Crippen LogP contribution >= 0.6 is 0 Å². The quantitative estimate of drug-likeness (QED) is 0.745. The maximum atomic E-state index is 11.2. The average molecular weight is 235 g/mol. The van der Waals surface area contributed by atoms with Gasteiger partial charge in [0.1, 0.15) is 11.9 Å². The number of ether oxygens (including phenoxy) is 2. The molecule has 0 saturated carbocycles. The molecule has 1 aromatic rings. The lowest BCUT2D eigenvalue weighted by molar-refractivity contribution is 0.0600. The maximum Gasteiger partial charge on any atom is 0.337 e. The Labute approximate surface area is 101 Å². The van der Waals surface area contributed by atoms with Crippen molar-refractivity contribution in [3.8, 4) is 5.75 Å². The summed E-state index contributed by atoms with van der Waals surface area (Å²) in [4.78, 5) is 13.5. The number of benzene rings is 1. The van der Waals surface area contributed by atoms with Crippen LogP contribution in [0.25, 0.3) is 0 Å². The van der Waals surface area contributed by atoms with E-state index in [0.717, 1.165) is 25.3 Å². The summed E-state index contributed by atoms with van der Waals surface area (Å²) < 4.78 is 10.5. The molecule has 1 fully saturated rings. The van der Waals surface area contributed by atoms with Gasteiger partial charge in [-0.25, -0.2) is 4.79 Å².